The average Bonchev–Trinajstić information content (AvgIpc) is 3.06. The fourth-order valence-corrected chi connectivity index (χ4v) is 4.09. The molecule has 0 bridgehead atoms. The topological polar surface area (TPSA) is 83.9 Å². The molecule has 0 aromatic carbocycles. The number of hydrogen-bond acceptors (Lipinski definition) is 5. The van der Waals surface area contributed by atoms with Crippen LogP contribution in [0.3, 0.4) is 0 Å². The number of Topliss-reactive ketones (excluding diaryl/α,β-unsaturated/α-hetero) is 1. The summed E-state index contributed by atoms with van der Waals surface area (Å²) in [5.41, 5.74) is 0.684. The van der Waals surface area contributed by atoms with E-state index in [1.165, 1.54) is 0 Å². The first-order chi connectivity index (χ1) is 11.3. The molecule has 1 aliphatic heterocycles. The number of carbonyl (C=O) groups is 3. The van der Waals surface area contributed by atoms with Gasteiger partial charge in [-0.1, -0.05) is 0 Å². The summed E-state index contributed by atoms with van der Waals surface area (Å²) >= 11 is 1.57. The number of carbonyl (C=O) groups excluding carboxylic acids is 2. The first-order valence-electron chi connectivity index (χ1n) is 7.96. The summed E-state index contributed by atoms with van der Waals surface area (Å²) in [6, 6.07) is 1.50. The number of aliphatic carboxylic acids is 1. The van der Waals surface area contributed by atoms with Crippen molar-refractivity contribution in [3.05, 3.63) is 21.4 Å². The van der Waals surface area contributed by atoms with Crippen LogP contribution in [0.15, 0.2) is 6.07 Å². The molecule has 0 radical (unpaired) electrons. The maximum Gasteiger partial charge on any atom is 0.305 e. The predicted octanol–water partition coefficient (Wildman–Crippen LogP) is 2.42. The molecule has 1 aromatic heterocycles. The molecule has 1 N–H and O–H groups in total. The molecule has 1 aromatic rings. The van der Waals surface area contributed by atoms with E-state index >= 15 is 0 Å². The van der Waals surface area contributed by atoms with Crippen LogP contribution in [-0.2, 0) is 14.3 Å². The molecule has 2 heterocycles. The molecule has 0 aliphatic carbocycles. The van der Waals surface area contributed by atoms with Crippen LogP contribution >= 0.6 is 11.3 Å². The fraction of sp³-hybridized carbons (Fsp3) is 0.588. The van der Waals surface area contributed by atoms with E-state index in [2.05, 4.69) is 0 Å². The number of carboxylic acid groups (broad SMARTS) is 1. The van der Waals surface area contributed by atoms with Crippen molar-refractivity contribution in [3.63, 3.8) is 0 Å². The van der Waals surface area contributed by atoms with Crippen LogP contribution in [0.5, 0.6) is 0 Å². The van der Waals surface area contributed by atoms with Crippen molar-refractivity contribution in [1.29, 1.82) is 0 Å². The molecule has 2 unspecified atom stereocenters. The molecule has 1 aliphatic rings. The summed E-state index contributed by atoms with van der Waals surface area (Å²) in [5, 5.41) is 9.00. The first-order valence-corrected chi connectivity index (χ1v) is 8.77. The Balaban J connectivity index is 1.96. The van der Waals surface area contributed by atoms with Gasteiger partial charge in [0.05, 0.1) is 12.5 Å². The summed E-state index contributed by atoms with van der Waals surface area (Å²) in [6.45, 7) is 4.24. The van der Waals surface area contributed by atoms with E-state index in [9.17, 15) is 14.4 Å². The minimum atomic E-state index is -0.935. The summed E-state index contributed by atoms with van der Waals surface area (Å²) < 4.78 is 5.26. The Morgan fingerprint density at radius 3 is 2.58 bits per heavy atom. The molecule has 1 amide bonds. The van der Waals surface area contributed by atoms with Crippen LogP contribution in [0.25, 0.3) is 0 Å². The number of ether oxygens (including phenoxy) is 1. The lowest BCUT2D eigenvalue weighted by Gasteiger charge is -2.23. The lowest BCUT2D eigenvalue weighted by molar-refractivity contribution is -0.139. The fourth-order valence-electron chi connectivity index (χ4n) is 3.15. The highest BCUT2D eigenvalue weighted by Gasteiger charge is 2.36. The zero-order valence-electron chi connectivity index (χ0n) is 14.2. The molecule has 6 nitrogen and oxygen atoms in total. The van der Waals surface area contributed by atoms with Crippen molar-refractivity contribution in [3.8, 4) is 0 Å². The van der Waals surface area contributed by atoms with Gasteiger partial charge in [0, 0.05) is 47.9 Å². The Morgan fingerprint density at radius 2 is 2.04 bits per heavy atom. The van der Waals surface area contributed by atoms with Gasteiger partial charge in [-0.05, 0) is 26.3 Å². The van der Waals surface area contributed by atoms with Crippen LogP contribution in [0.1, 0.15) is 45.8 Å². The van der Waals surface area contributed by atoms with Crippen molar-refractivity contribution in [2.75, 3.05) is 13.7 Å². The van der Waals surface area contributed by atoms with E-state index in [1.54, 1.807) is 23.3 Å². The smallest absolute Gasteiger partial charge is 0.305 e. The number of hydrogen-bond donors (Lipinski definition) is 1. The van der Waals surface area contributed by atoms with Gasteiger partial charge >= 0.3 is 5.97 Å². The Kier molecular flexibility index (Phi) is 6.12. The van der Waals surface area contributed by atoms with E-state index < -0.39 is 5.97 Å². The van der Waals surface area contributed by atoms with Gasteiger partial charge in [0.15, 0.2) is 5.78 Å². The number of ketones is 1. The first kappa shape index (κ1) is 18.6. The normalized spacial score (nSPS) is 20.4. The van der Waals surface area contributed by atoms with Gasteiger partial charge < -0.3 is 14.7 Å². The van der Waals surface area contributed by atoms with Crippen LogP contribution in [0, 0.1) is 13.8 Å². The minimum absolute atomic E-state index is 0.0394. The summed E-state index contributed by atoms with van der Waals surface area (Å²) in [7, 11) is 1.56. The van der Waals surface area contributed by atoms with Crippen LogP contribution in [0.4, 0.5) is 0 Å². The van der Waals surface area contributed by atoms with Gasteiger partial charge in [0.2, 0.25) is 5.91 Å². The van der Waals surface area contributed by atoms with Crippen molar-refractivity contribution in [2.45, 2.75) is 51.7 Å². The van der Waals surface area contributed by atoms with Gasteiger partial charge in [0.1, 0.15) is 0 Å². The molecular weight excluding hydrogens is 330 g/mol. The quantitative estimate of drug-likeness (QED) is 0.761. The Labute approximate surface area is 145 Å². The van der Waals surface area contributed by atoms with Crippen molar-refractivity contribution in [1.82, 2.24) is 4.90 Å². The maximum absolute atomic E-state index is 12.5. The SMILES string of the molecule is COC1CC(CC(=O)O)N(C(=O)CCC(=O)c2cc(C)sc2C)C1. The van der Waals surface area contributed by atoms with E-state index in [1.807, 2.05) is 19.9 Å². The lowest BCUT2D eigenvalue weighted by Crippen LogP contribution is -2.37. The molecule has 7 heteroatoms. The Bertz CT molecular complexity index is 639. The average molecular weight is 353 g/mol. The third kappa shape index (κ3) is 4.42. The van der Waals surface area contributed by atoms with Gasteiger partial charge in [0.25, 0.3) is 0 Å². The second kappa shape index (κ2) is 7.90. The minimum Gasteiger partial charge on any atom is -0.481 e. The van der Waals surface area contributed by atoms with Crippen LogP contribution < -0.4 is 0 Å². The molecule has 2 rings (SSSR count). The third-order valence-electron chi connectivity index (χ3n) is 4.35. The Hall–Kier alpha value is -1.73. The second-order valence-corrected chi connectivity index (χ2v) is 7.60. The van der Waals surface area contributed by atoms with Crippen LogP contribution in [-0.4, -0.2) is 53.5 Å². The molecule has 1 fully saturated rings. The number of nitrogens with zero attached hydrogens (tertiary/aromatic N) is 1. The van der Waals surface area contributed by atoms with Crippen molar-refractivity contribution < 1.29 is 24.2 Å². The molecule has 0 spiro atoms. The number of methoxy groups -OCH3 is 1. The highest BCUT2D eigenvalue weighted by molar-refractivity contribution is 7.12. The number of thiophene rings is 1. The van der Waals surface area contributed by atoms with E-state index in [-0.39, 0.29) is 43.1 Å². The second-order valence-electron chi connectivity index (χ2n) is 6.14. The molecule has 1 saturated heterocycles. The van der Waals surface area contributed by atoms with Crippen molar-refractivity contribution in [2.24, 2.45) is 0 Å². The summed E-state index contributed by atoms with van der Waals surface area (Å²) in [4.78, 5) is 39.3. The molecule has 132 valence electrons. The Morgan fingerprint density at radius 1 is 1.33 bits per heavy atom. The zero-order valence-corrected chi connectivity index (χ0v) is 15.0. The van der Waals surface area contributed by atoms with Crippen LogP contribution in [0.2, 0.25) is 0 Å². The highest BCUT2D eigenvalue weighted by atomic mass is 32.1. The summed E-state index contributed by atoms with van der Waals surface area (Å²) in [5.74, 6) is -1.16. The number of aryl methyl sites for hydroxylation is 2. The monoisotopic (exact) mass is 353 g/mol. The number of carboxylic acids is 1. The van der Waals surface area contributed by atoms with E-state index in [0.29, 0.717) is 18.5 Å². The third-order valence-corrected chi connectivity index (χ3v) is 5.31. The van der Waals surface area contributed by atoms with E-state index in [0.717, 1.165) is 9.75 Å². The molecule has 2 atom stereocenters. The number of rotatable bonds is 7. The molecule has 0 saturated carbocycles. The van der Waals surface area contributed by atoms with Gasteiger partial charge in [-0.3, -0.25) is 14.4 Å². The van der Waals surface area contributed by atoms with E-state index in [4.69, 9.17) is 9.84 Å². The highest BCUT2D eigenvalue weighted by Crippen LogP contribution is 2.25. The molecular formula is C17H23NO5S. The van der Waals surface area contributed by atoms with Crippen molar-refractivity contribution >= 4 is 29.0 Å². The largest absolute Gasteiger partial charge is 0.481 e. The number of likely N-dealkylation sites (tertiary alicyclic amines) is 1. The number of amides is 1. The zero-order chi connectivity index (χ0) is 17.9. The molecule has 24 heavy (non-hydrogen) atoms. The lowest BCUT2D eigenvalue weighted by atomic mass is 10.1. The van der Waals surface area contributed by atoms with Gasteiger partial charge in [-0.2, -0.15) is 0 Å². The van der Waals surface area contributed by atoms with Gasteiger partial charge in [-0.25, -0.2) is 0 Å². The maximum atomic E-state index is 12.5. The van der Waals surface area contributed by atoms with Gasteiger partial charge in [-0.15, -0.1) is 11.3 Å². The predicted molar refractivity (Wildman–Crippen MR) is 90.5 cm³/mol. The summed E-state index contributed by atoms with van der Waals surface area (Å²) in [6.07, 6.45) is 0.521. The standard InChI is InChI=1S/C17H23NO5S/c1-10-6-14(11(2)24-10)15(19)4-5-16(20)18-9-13(23-3)7-12(18)8-17(21)22/h6,12-13H,4-5,7-9H2,1-3H3,(H,21,22).